The second-order valence-electron chi connectivity index (χ2n) is 5.36. The number of hydrogen-bond acceptors (Lipinski definition) is 3. The molecule has 1 saturated carbocycles. The van der Waals surface area contributed by atoms with Crippen LogP contribution in [-0.2, 0) is 9.53 Å². The minimum Gasteiger partial charge on any atom is -0.501 e. The molecule has 0 atom stereocenters. The van der Waals surface area contributed by atoms with Crippen LogP contribution in [0.15, 0.2) is 11.8 Å². The zero-order valence-corrected chi connectivity index (χ0v) is 11.7. The topological polar surface area (TPSA) is 29.5 Å². The van der Waals surface area contributed by atoms with Gasteiger partial charge in [-0.3, -0.25) is 9.69 Å². The number of ketones is 1. The standard InChI is InChI=1S/C15H25NO2/c1-3-16(4-2)15(9-5-6-10-15)14(17)13-8-7-11-18-12-13/h12H,3-11H2,1-2H3. The lowest BCUT2D eigenvalue weighted by atomic mass is 9.84. The monoisotopic (exact) mass is 251 g/mol. The second kappa shape index (κ2) is 5.87. The van der Waals surface area contributed by atoms with Crippen LogP contribution in [0.25, 0.3) is 0 Å². The Bertz CT molecular complexity index is 325. The van der Waals surface area contributed by atoms with Crippen LogP contribution >= 0.6 is 0 Å². The molecule has 0 bridgehead atoms. The third-order valence-corrected chi connectivity index (χ3v) is 4.45. The van der Waals surface area contributed by atoms with Crippen LogP contribution in [-0.4, -0.2) is 35.9 Å². The highest BCUT2D eigenvalue weighted by Crippen LogP contribution is 2.38. The molecule has 0 saturated heterocycles. The first kappa shape index (κ1) is 13.6. The predicted molar refractivity (Wildman–Crippen MR) is 72.4 cm³/mol. The van der Waals surface area contributed by atoms with Crippen molar-refractivity contribution in [1.82, 2.24) is 4.90 Å². The van der Waals surface area contributed by atoms with Crippen molar-refractivity contribution >= 4 is 5.78 Å². The lowest BCUT2D eigenvalue weighted by Crippen LogP contribution is -2.53. The molecule has 0 spiro atoms. The summed E-state index contributed by atoms with van der Waals surface area (Å²) in [5, 5.41) is 0. The fourth-order valence-electron chi connectivity index (χ4n) is 3.51. The van der Waals surface area contributed by atoms with Gasteiger partial charge in [0.1, 0.15) is 0 Å². The maximum absolute atomic E-state index is 12.9. The summed E-state index contributed by atoms with van der Waals surface area (Å²) in [6.45, 7) is 6.98. The molecule has 102 valence electrons. The molecule has 0 amide bonds. The largest absolute Gasteiger partial charge is 0.501 e. The van der Waals surface area contributed by atoms with Crippen LogP contribution in [0.4, 0.5) is 0 Å². The van der Waals surface area contributed by atoms with E-state index in [1.54, 1.807) is 6.26 Å². The molecule has 3 heteroatoms. The molecule has 1 aliphatic heterocycles. The van der Waals surface area contributed by atoms with Crippen LogP contribution in [0.3, 0.4) is 0 Å². The Morgan fingerprint density at radius 2 is 1.94 bits per heavy atom. The Hall–Kier alpha value is -0.830. The van der Waals surface area contributed by atoms with E-state index in [1.807, 2.05) is 0 Å². The van der Waals surface area contributed by atoms with Crippen LogP contribution in [0.2, 0.25) is 0 Å². The summed E-state index contributed by atoms with van der Waals surface area (Å²) in [7, 11) is 0. The fraction of sp³-hybridized carbons (Fsp3) is 0.800. The smallest absolute Gasteiger partial charge is 0.182 e. The van der Waals surface area contributed by atoms with E-state index in [0.717, 1.165) is 51.0 Å². The van der Waals surface area contributed by atoms with E-state index in [9.17, 15) is 4.79 Å². The number of ether oxygens (including phenoxy) is 1. The predicted octanol–water partition coefficient (Wildman–Crippen LogP) is 2.90. The molecular weight excluding hydrogens is 226 g/mol. The number of rotatable bonds is 5. The van der Waals surface area contributed by atoms with Crippen molar-refractivity contribution in [2.45, 2.75) is 57.9 Å². The fourth-order valence-corrected chi connectivity index (χ4v) is 3.51. The highest BCUT2D eigenvalue weighted by molar-refractivity contribution is 6.02. The van der Waals surface area contributed by atoms with Gasteiger partial charge >= 0.3 is 0 Å². The van der Waals surface area contributed by atoms with Gasteiger partial charge < -0.3 is 4.74 Å². The Morgan fingerprint density at radius 1 is 1.28 bits per heavy atom. The van der Waals surface area contributed by atoms with E-state index >= 15 is 0 Å². The van der Waals surface area contributed by atoms with Crippen molar-refractivity contribution in [3.8, 4) is 0 Å². The summed E-state index contributed by atoms with van der Waals surface area (Å²) in [5.74, 6) is 0.336. The first-order valence-electron chi connectivity index (χ1n) is 7.35. The van der Waals surface area contributed by atoms with Gasteiger partial charge in [0.2, 0.25) is 0 Å². The number of nitrogens with zero attached hydrogens (tertiary/aromatic N) is 1. The van der Waals surface area contributed by atoms with Gasteiger partial charge in [-0.1, -0.05) is 26.7 Å². The van der Waals surface area contributed by atoms with E-state index in [2.05, 4.69) is 18.7 Å². The minimum atomic E-state index is -0.226. The number of hydrogen-bond donors (Lipinski definition) is 0. The highest BCUT2D eigenvalue weighted by atomic mass is 16.5. The van der Waals surface area contributed by atoms with E-state index in [4.69, 9.17) is 4.74 Å². The van der Waals surface area contributed by atoms with Crippen molar-refractivity contribution in [2.24, 2.45) is 0 Å². The molecule has 0 N–H and O–H groups in total. The van der Waals surface area contributed by atoms with E-state index < -0.39 is 0 Å². The third kappa shape index (κ3) is 2.33. The normalized spacial score (nSPS) is 22.7. The molecule has 3 nitrogen and oxygen atoms in total. The number of likely N-dealkylation sites (N-methyl/N-ethyl adjacent to an activating group) is 1. The minimum absolute atomic E-state index is 0.226. The number of Topliss-reactive ketones (excluding diaryl/α,β-unsaturated/α-hetero) is 1. The Labute approximate surface area is 110 Å². The van der Waals surface area contributed by atoms with Gasteiger partial charge in [-0.2, -0.15) is 0 Å². The molecule has 2 aliphatic rings. The Balaban J connectivity index is 2.23. The van der Waals surface area contributed by atoms with Gasteiger partial charge in [-0.05, 0) is 38.8 Å². The molecule has 0 unspecified atom stereocenters. The first-order valence-corrected chi connectivity index (χ1v) is 7.35. The summed E-state index contributed by atoms with van der Waals surface area (Å²) in [5.41, 5.74) is 0.686. The average Bonchev–Trinajstić information content (AvgIpc) is 2.91. The van der Waals surface area contributed by atoms with E-state index in [1.165, 1.54) is 12.8 Å². The molecule has 1 heterocycles. The van der Waals surface area contributed by atoms with Crippen LogP contribution in [0.1, 0.15) is 52.4 Å². The molecule has 0 aromatic rings. The molecule has 0 aromatic heterocycles. The SMILES string of the molecule is CCN(CC)C1(C(=O)C2=COCCC2)CCCC1. The molecular formula is C15H25NO2. The summed E-state index contributed by atoms with van der Waals surface area (Å²) in [6.07, 6.45) is 7.98. The van der Waals surface area contributed by atoms with Crippen molar-refractivity contribution in [3.05, 3.63) is 11.8 Å². The van der Waals surface area contributed by atoms with Crippen LogP contribution in [0, 0.1) is 0 Å². The highest BCUT2D eigenvalue weighted by Gasteiger charge is 2.45. The van der Waals surface area contributed by atoms with Gasteiger partial charge in [0.25, 0.3) is 0 Å². The zero-order chi connectivity index (χ0) is 13.0. The average molecular weight is 251 g/mol. The van der Waals surface area contributed by atoms with E-state index in [0.29, 0.717) is 5.78 Å². The van der Waals surface area contributed by atoms with Crippen molar-refractivity contribution in [1.29, 1.82) is 0 Å². The first-order chi connectivity index (χ1) is 8.74. The Kier molecular flexibility index (Phi) is 4.44. The maximum Gasteiger partial charge on any atom is 0.182 e. The Morgan fingerprint density at radius 3 is 2.44 bits per heavy atom. The van der Waals surface area contributed by atoms with Crippen LogP contribution < -0.4 is 0 Å². The lowest BCUT2D eigenvalue weighted by Gasteiger charge is -2.39. The molecule has 0 radical (unpaired) electrons. The quantitative estimate of drug-likeness (QED) is 0.752. The molecule has 2 rings (SSSR count). The second-order valence-corrected chi connectivity index (χ2v) is 5.36. The summed E-state index contributed by atoms with van der Waals surface area (Å²) in [4.78, 5) is 15.3. The number of carbonyl (C=O) groups is 1. The van der Waals surface area contributed by atoms with E-state index in [-0.39, 0.29) is 5.54 Å². The zero-order valence-electron chi connectivity index (χ0n) is 11.7. The lowest BCUT2D eigenvalue weighted by molar-refractivity contribution is -0.127. The summed E-state index contributed by atoms with van der Waals surface area (Å²) in [6, 6.07) is 0. The molecule has 18 heavy (non-hydrogen) atoms. The third-order valence-electron chi connectivity index (χ3n) is 4.45. The molecule has 0 aromatic carbocycles. The summed E-state index contributed by atoms with van der Waals surface area (Å²) < 4.78 is 5.35. The van der Waals surface area contributed by atoms with Gasteiger partial charge in [-0.15, -0.1) is 0 Å². The van der Waals surface area contributed by atoms with Crippen molar-refractivity contribution in [2.75, 3.05) is 19.7 Å². The molecule has 1 fully saturated rings. The molecule has 1 aliphatic carbocycles. The van der Waals surface area contributed by atoms with Crippen molar-refractivity contribution in [3.63, 3.8) is 0 Å². The van der Waals surface area contributed by atoms with Gasteiger partial charge in [0, 0.05) is 5.57 Å². The van der Waals surface area contributed by atoms with Crippen LogP contribution in [0.5, 0.6) is 0 Å². The van der Waals surface area contributed by atoms with Gasteiger partial charge in [0.05, 0.1) is 18.4 Å². The van der Waals surface area contributed by atoms with Gasteiger partial charge in [-0.25, -0.2) is 0 Å². The van der Waals surface area contributed by atoms with Crippen molar-refractivity contribution < 1.29 is 9.53 Å². The van der Waals surface area contributed by atoms with Gasteiger partial charge in [0.15, 0.2) is 5.78 Å². The summed E-state index contributed by atoms with van der Waals surface area (Å²) >= 11 is 0. The maximum atomic E-state index is 12.9. The number of carbonyl (C=O) groups excluding carboxylic acids is 1.